The van der Waals surface area contributed by atoms with Gasteiger partial charge >= 0.3 is 11.9 Å². The minimum Gasteiger partial charge on any atom is -0.480 e. The number of esters is 1. The zero-order chi connectivity index (χ0) is 23.7. The molecule has 1 aromatic rings. The van der Waals surface area contributed by atoms with E-state index in [9.17, 15) is 24.0 Å². The maximum atomic E-state index is 12.8. The number of carbonyl (C=O) groups is 5. The predicted molar refractivity (Wildman–Crippen MR) is 113 cm³/mol. The smallest absolute Gasteiger partial charge is 0.323 e. The maximum absolute atomic E-state index is 12.8. The van der Waals surface area contributed by atoms with E-state index in [0.29, 0.717) is 18.5 Å². The predicted octanol–water partition coefficient (Wildman–Crippen LogP) is -1.01. The molecule has 1 fully saturated rings. The number of carboxylic acids is 1. The summed E-state index contributed by atoms with van der Waals surface area (Å²) in [6.07, 6.45) is 0.568. The number of benzene rings is 1. The van der Waals surface area contributed by atoms with E-state index < -0.39 is 42.2 Å². The van der Waals surface area contributed by atoms with Gasteiger partial charge in [0.05, 0.1) is 13.7 Å². The van der Waals surface area contributed by atoms with Crippen LogP contribution in [0.4, 0.5) is 0 Å². The topological polar surface area (TPSA) is 159 Å². The second-order valence-electron chi connectivity index (χ2n) is 7.29. The summed E-state index contributed by atoms with van der Waals surface area (Å²) in [4.78, 5) is 62.8. The Kier molecular flexibility index (Phi) is 9.14. The molecule has 1 heterocycles. The number of piperazine rings is 1. The highest BCUT2D eigenvalue weighted by Crippen LogP contribution is 2.17. The fourth-order valence-corrected chi connectivity index (χ4v) is 3.44. The summed E-state index contributed by atoms with van der Waals surface area (Å²) in [5.74, 6) is -3.23. The maximum Gasteiger partial charge on any atom is 0.323 e. The summed E-state index contributed by atoms with van der Waals surface area (Å²) in [5, 5.41) is 11.5. The Balaban J connectivity index is 2.02. The van der Waals surface area contributed by atoms with Gasteiger partial charge in [0.2, 0.25) is 11.8 Å². The van der Waals surface area contributed by atoms with E-state index in [-0.39, 0.29) is 32.5 Å². The number of ether oxygens (including phenoxy) is 1. The minimum absolute atomic E-state index is 0.0100. The van der Waals surface area contributed by atoms with Gasteiger partial charge in [-0.1, -0.05) is 12.1 Å². The number of carboxylic acid groups (broad SMARTS) is 1. The van der Waals surface area contributed by atoms with Crippen molar-refractivity contribution in [3.05, 3.63) is 35.4 Å². The van der Waals surface area contributed by atoms with Crippen LogP contribution < -0.4 is 11.1 Å². The quantitative estimate of drug-likeness (QED) is 0.384. The van der Waals surface area contributed by atoms with Crippen molar-refractivity contribution in [1.29, 1.82) is 0 Å². The third-order valence-electron chi connectivity index (χ3n) is 5.13. The molecule has 0 spiro atoms. The number of nitrogens with two attached hydrogens (primary N) is 1. The zero-order valence-corrected chi connectivity index (χ0v) is 17.9. The fraction of sp³-hybridized carbons (Fsp3) is 0.476. The lowest BCUT2D eigenvalue weighted by molar-refractivity contribution is -0.156. The summed E-state index contributed by atoms with van der Waals surface area (Å²) in [6, 6.07) is 5.83. The Bertz CT molecular complexity index is 856. The molecule has 2 rings (SSSR count). The van der Waals surface area contributed by atoms with Crippen LogP contribution in [0, 0.1) is 0 Å². The molecule has 0 unspecified atom stereocenters. The van der Waals surface area contributed by atoms with E-state index in [4.69, 9.17) is 10.8 Å². The molecule has 0 saturated carbocycles. The highest BCUT2D eigenvalue weighted by Gasteiger charge is 2.38. The largest absolute Gasteiger partial charge is 0.480 e. The molecule has 0 bridgehead atoms. The van der Waals surface area contributed by atoms with Crippen LogP contribution in [0.25, 0.3) is 0 Å². The van der Waals surface area contributed by atoms with Crippen molar-refractivity contribution >= 4 is 29.7 Å². The molecule has 1 aromatic carbocycles. The highest BCUT2D eigenvalue weighted by atomic mass is 16.5. The summed E-state index contributed by atoms with van der Waals surface area (Å²) >= 11 is 0. The molecule has 0 aliphatic carbocycles. The SMILES string of the molecule is COC(=O)CC[C@H]1C(=O)N(CC(=O)O)CCN1C(=O)CNC(=O)c1ccc(CCN)cc1. The number of nitrogens with one attached hydrogen (secondary N) is 1. The van der Waals surface area contributed by atoms with E-state index in [2.05, 4.69) is 10.1 Å². The van der Waals surface area contributed by atoms with Gasteiger partial charge in [-0.2, -0.15) is 0 Å². The van der Waals surface area contributed by atoms with Crippen LogP contribution >= 0.6 is 0 Å². The molecule has 3 amide bonds. The van der Waals surface area contributed by atoms with Crippen molar-refractivity contribution in [2.24, 2.45) is 5.73 Å². The monoisotopic (exact) mass is 448 g/mol. The number of hydrogen-bond acceptors (Lipinski definition) is 7. The Morgan fingerprint density at radius 2 is 1.88 bits per heavy atom. The van der Waals surface area contributed by atoms with Gasteiger partial charge < -0.3 is 30.7 Å². The molecule has 1 aliphatic heterocycles. The standard InChI is InChI=1S/C21H28N4O7/c1-32-19(29)7-6-16-21(31)24(13-18(27)28)10-11-25(16)17(26)12-23-20(30)15-4-2-14(3-5-15)8-9-22/h2-5,16H,6-13,22H2,1H3,(H,23,30)(H,27,28)/t16-/m0/s1. The molecule has 0 radical (unpaired) electrons. The van der Waals surface area contributed by atoms with Gasteiger partial charge in [-0.3, -0.25) is 24.0 Å². The van der Waals surface area contributed by atoms with Crippen LogP contribution in [0.3, 0.4) is 0 Å². The molecule has 32 heavy (non-hydrogen) atoms. The second kappa shape index (κ2) is 11.8. The molecule has 11 nitrogen and oxygen atoms in total. The van der Waals surface area contributed by atoms with Crippen LogP contribution in [-0.4, -0.2) is 90.4 Å². The van der Waals surface area contributed by atoms with Crippen molar-refractivity contribution < 1.29 is 33.8 Å². The molecule has 1 saturated heterocycles. The lowest BCUT2D eigenvalue weighted by atomic mass is 10.0. The van der Waals surface area contributed by atoms with Gasteiger partial charge in [0.15, 0.2) is 0 Å². The van der Waals surface area contributed by atoms with Gasteiger partial charge in [-0.25, -0.2) is 0 Å². The summed E-state index contributed by atoms with van der Waals surface area (Å²) in [5.41, 5.74) is 6.88. The Labute approximate surface area is 185 Å². The van der Waals surface area contributed by atoms with E-state index in [1.165, 1.54) is 12.0 Å². The van der Waals surface area contributed by atoms with Crippen LogP contribution in [0.2, 0.25) is 0 Å². The normalized spacial score (nSPS) is 15.9. The molecule has 1 atom stereocenters. The van der Waals surface area contributed by atoms with Crippen molar-refractivity contribution in [2.75, 3.05) is 39.8 Å². The number of amides is 3. The average Bonchev–Trinajstić information content (AvgIpc) is 2.77. The molecule has 11 heteroatoms. The average molecular weight is 448 g/mol. The first kappa shape index (κ1) is 24.8. The van der Waals surface area contributed by atoms with E-state index in [1.807, 2.05) is 0 Å². The first-order chi connectivity index (χ1) is 15.3. The van der Waals surface area contributed by atoms with E-state index in [0.717, 1.165) is 10.5 Å². The van der Waals surface area contributed by atoms with Gasteiger partial charge in [-0.05, 0) is 37.1 Å². The van der Waals surface area contributed by atoms with Crippen LogP contribution in [-0.2, 0) is 30.3 Å². The van der Waals surface area contributed by atoms with Gasteiger partial charge in [0.25, 0.3) is 5.91 Å². The van der Waals surface area contributed by atoms with Crippen LogP contribution in [0.15, 0.2) is 24.3 Å². The van der Waals surface area contributed by atoms with Crippen molar-refractivity contribution in [3.63, 3.8) is 0 Å². The Morgan fingerprint density at radius 3 is 2.47 bits per heavy atom. The van der Waals surface area contributed by atoms with Gasteiger partial charge in [0, 0.05) is 25.1 Å². The first-order valence-corrected chi connectivity index (χ1v) is 10.2. The van der Waals surface area contributed by atoms with Gasteiger partial charge in [-0.15, -0.1) is 0 Å². The summed E-state index contributed by atoms with van der Waals surface area (Å²) in [6.45, 7) is -0.206. The molecule has 1 aliphatic rings. The number of carbonyl (C=O) groups excluding carboxylic acids is 4. The number of hydrogen-bond donors (Lipinski definition) is 3. The molecular weight excluding hydrogens is 420 g/mol. The lowest BCUT2D eigenvalue weighted by Crippen LogP contribution is -2.60. The molecule has 174 valence electrons. The number of nitrogens with zero attached hydrogens (tertiary/aromatic N) is 2. The first-order valence-electron chi connectivity index (χ1n) is 10.2. The number of methoxy groups -OCH3 is 1. The van der Waals surface area contributed by atoms with Crippen molar-refractivity contribution in [2.45, 2.75) is 25.3 Å². The highest BCUT2D eigenvalue weighted by molar-refractivity contribution is 5.97. The van der Waals surface area contributed by atoms with Crippen molar-refractivity contribution in [3.8, 4) is 0 Å². The van der Waals surface area contributed by atoms with Crippen LogP contribution in [0.1, 0.15) is 28.8 Å². The Morgan fingerprint density at radius 1 is 1.19 bits per heavy atom. The molecule has 4 N–H and O–H groups in total. The van der Waals surface area contributed by atoms with E-state index in [1.54, 1.807) is 24.3 Å². The third-order valence-corrected chi connectivity index (χ3v) is 5.13. The zero-order valence-electron chi connectivity index (χ0n) is 17.9. The lowest BCUT2D eigenvalue weighted by Gasteiger charge is -2.40. The second-order valence-corrected chi connectivity index (χ2v) is 7.29. The minimum atomic E-state index is -1.17. The van der Waals surface area contributed by atoms with E-state index >= 15 is 0 Å². The molecular formula is C21H28N4O7. The number of rotatable bonds is 10. The summed E-state index contributed by atoms with van der Waals surface area (Å²) in [7, 11) is 1.21. The van der Waals surface area contributed by atoms with Crippen LogP contribution in [0.5, 0.6) is 0 Å². The number of aliphatic carboxylic acids is 1. The van der Waals surface area contributed by atoms with Gasteiger partial charge in [0.1, 0.15) is 12.6 Å². The molecule has 0 aromatic heterocycles. The third kappa shape index (κ3) is 6.77. The van der Waals surface area contributed by atoms with Crippen molar-refractivity contribution in [1.82, 2.24) is 15.1 Å². The fourth-order valence-electron chi connectivity index (χ4n) is 3.44. The Hall–Kier alpha value is -3.47. The summed E-state index contributed by atoms with van der Waals surface area (Å²) < 4.78 is 4.59.